The van der Waals surface area contributed by atoms with Crippen molar-refractivity contribution in [3.05, 3.63) is 194 Å². The fraction of sp³-hybridized carbons (Fsp3) is 0.0200. The molecule has 0 saturated heterocycles. The fourth-order valence-electron chi connectivity index (χ4n) is 7.79. The Balaban J connectivity index is 1.15. The van der Waals surface area contributed by atoms with E-state index in [9.17, 15) is 0 Å². The molecule has 1 aliphatic heterocycles. The normalized spacial score (nSPS) is 12.7. The van der Waals surface area contributed by atoms with Gasteiger partial charge in [0.25, 0.3) is 0 Å². The van der Waals surface area contributed by atoms with E-state index in [0.717, 1.165) is 77.5 Å². The summed E-state index contributed by atoms with van der Waals surface area (Å²) in [5.41, 5.74) is 11.9. The Morgan fingerprint density at radius 2 is 0.857 bits per heavy atom. The van der Waals surface area contributed by atoms with Gasteiger partial charge in [0, 0.05) is 22.3 Å². The summed E-state index contributed by atoms with van der Waals surface area (Å²) in [6.45, 7) is 0. The largest absolute Gasteiger partial charge is 0.502 e. The lowest BCUT2D eigenvalue weighted by atomic mass is 9.58. The Hall–Kier alpha value is -7.04. The van der Waals surface area contributed by atoms with Crippen LogP contribution < -0.4 is 4.74 Å². The van der Waals surface area contributed by atoms with E-state index in [1.54, 1.807) is 0 Å². The third-order valence-corrected chi connectivity index (χ3v) is 10.5. The number of rotatable bonds is 6. The van der Waals surface area contributed by atoms with Crippen LogP contribution in [0.4, 0.5) is 0 Å². The zero-order valence-electron chi connectivity index (χ0n) is 30.3. The summed E-state index contributed by atoms with van der Waals surface area (Å²) in [6, 6.07) is 64.1. The van der Waals surface area contributed by atoms with Gasteiger partial charge in [0.2, 0.25) is 0 Å². The molecule has 1 aliphatic rings. The molecule has 0 unspecified atom stereocenters. The minimum absolute atomic E-state index is 0.588. The molecule has 0 amide bonds. The van der Waals surface area contributed by atoms with Crippen molar-refractivity contribution in [2.45, 2.75) is 5.40 Å². The fourth-order valence-corrected chi connectivity index (χ4v) is 7.79. The molecule has 2 heterocycles. The second kappa shape index (κ2) is 13.7. The molecule has 10 rings (SSSR count). The lowest BCUT2D eigenvalue weighted by Crippen LogP contribution is -2.37. The quantitative estimate of drug-likeness (QED) is 0.161. The van der Waals surface area contributed by atoms with Crippen LogP contribution in [0.15, 0.2) is 188 Å². The Bertz CT molecular complexity index is 2910. The summed E-state index contributed by atoms with van der Waals surface area (Å²) in [4.78, 5) is 15.5. The van der Waals surface area contributed by atoms with Crippen molar-refractivity contribution >= 4 is 26.5 Å². The molecule has 9 aromatic rings. The molecule has 0 saturated carbocycles. The van der Waals surface area contributed by atoms with Gasteiger partial charge in [-0.15, -0.1) is 0 Å². The van der Waals surface area contributed by atoms with Gasteiger partial charge in [-0.25, -0.2) is 15.0 Å². The monoisotopic (exact) mass is 711 g/mol. The number of ether oxygens (including phenoxy) is 1. The number of hydrogen-bond acceptors (Lipinski definition) is 4. The Labute approximate surface area is 328 Å². The minimum atomic E-state index is -1.44. The Kier molecular flexibility index (Phi) is 8.18. The van der Waals surface area contributed by atoms with E-state index in [4.69, 9.17) is 35.4 Å². The van der Waals surface area contributed by atoms with E-state index in [2.05, 4.69) is 146 Å². The maximum atomic E-state index is 6.48. The molecule has 0 fully saturated rings. The van der Waals surface area contributed by atoms with Crippen LogP contribution in [0.3, 0.4) is 0 Å². The molecule has 6 heteroatoms. The standard InChI is InChI=1S/C50H31B2N3O/c51-50(52)44-23-10-9-21-43(44)46-41(22-12-24-45(46)56-50)40-29-30-42(39-20-8-7-19-38(39)40)49-54-47(35-27-25-34(26-28-35)32-13-3-1-4-14-32)53-48(55-49)37-18-11-17-36(31-37)33-15-5-2-6-16-33/h1-31H. The van der Waals surface area contributed by atoms with Gasteiger partial charge in [0.15, 0.2) is 17.5 Å². The molecule has 4 radical (unpaired) electrons. The predicted octanol–water partition coefficient (Wildman–Crippen LogP) is 11.5. The molecule has 0 N–H and O–H groups in total. The zero-order chi connectivity index (χ0) is 37.6. The van der Waals surface area contributed by atoms with Crippen LogP contribution in [0.25, 0.3) is 89.4 Å². The average Bonchev–Trinajstić information content (AvgIpc) is 3.26. The van der Waals surface area contributed by atoms with Crippen molar-refractivity contribution in [2.24, 2.45) is 0 Å². The van der Waals surface area contributed by atoms with Crippen molar-refractivity contribution in [1.29, 1.82) is 0 Å². The van der Waals surface area contributed by atoms with Gasteiger partial charge in [-0.3, -0.25) is 0 Å². The molecular formula is C50H31B2N3O. The van der Waals surface area contributed by atoms with E-state index in [1.165, 1.54) is 0 Å². The topological polar surface area (TPSA) is 47.9 Å². The molecule has 1 aromatic heterocycles. The molecule has 258 valence electrons. The van der Waals surface area contributed by atoms with E-state index < -0.39 is 5.40 Å². The number of nitrogens with zero attached hydrogens (tertiary/aromatic N) is 3. The highest BCUT2D eigenvalue weighted by atomic mass is 16.5. The SMILES string of the molecule is [B]C1([B])Oc2cccc(-c3ccc(-c4nc(-c5ccc(-c6ccccc6)cc5)nc(-c5cccc(-c6ccccc6)c5)n4)c4ccccc34)c2-c2ccccc21. The summed E-state index contributed by atoms with van der Waals surface area (Å²) in [5, 5.41) is 0.625. The van der Waals surface area contributed by atoms with E-state index in [1.807, 2.05) is 42.5 Å². The molecular weight excluding hydrogens is 680 g/mol. The highest BCUT2D eigenvalue weighted by Crippen LogP contribution is 2.49. The summed E-state index contributed by atoms with van der Waals surface area (Å²) in [6.07, 6.45) is 0. The second-order valence-corrected chi connectivity index (χ2v) is 14.0. The highest BCUT2D eigenvalue weighted by molar-refractivity contribution is 6.40. The summed E-state index contributed by atoms with van der Waals surface area (Å²) in [5.74, 6) is 2.42. The second-order valence-electron chi connectivity index (χ2n) is 14.0. The average molecular weight is 711 g/mol. The number of benzene rings is 8. The lowest BCUT2D eigenvalue weighted by Gasteiger charge is -2.37. The third-order valence-electron chi connectivity index (χ3n) is 10.5. The molecule has 0 bridgehead atoms. The smallest absolute Gasteiger partial charge is 0.164 e. The first-order valence-electron chi connectivity index (χ1n) is 18.6. The van der Waals surface area contributed by atoms with Crippen LogP contribution in [0.1, 0.15) is 5.56 Å². The van der Waals surface area contributed by atoms with Crippen LogP contribution in [0.2, 0.25) is 0 Å². The van der Waals surface area contributed by atoms with Crippen LogP contribution in [0.5, 0.6) is 5.75 Å². The highest BCUT2D eigenvalue weighted by Gasteiger charge is 2.33. The van der Waals surface area contributed by atoms with Gasteiger partial charge in [-0.05, 0) is 73.5 Å². The van der Waals surface area contributed by atoms with Crippen molar-refractivity contribution < 1.29 is 4.74 Å². The summed E-state index contributed by atoms with van der Waals surface area (Å²) < 4.78 is 6.22. The van der Waals surface area contributed by atoms with Gasteiger partial charge in [-0.1, -0.05) is 170 Å². The molecule has 0 aliphatic carbocycles. The van der Waals surface area contributed by atoms with Crippen molar-refractivity contribution in [3.8, 4) is 84.4 Å². The first kappa shape index (κ1) is 33.5. The maximum Gasteiger partial charge on any atom is 0.164 e. The van der Waals surface area contributed by atoms with E-state index in [-0.39, 0.29) is 0 Å². The van der Waals surface area contributed by atoms with Gasteiger partial charge >= 0.3 is 0 Å². The van der Waals surface area contributed by atoms with Crippen LogP contribution >= 0.6 is 0 Å². The van der Waals surface area contributed by atoms with Crippen molar-refractivity contribution in [1.82, 2.24) is 15.0 Å². The van der Waals surface area contributed by atoms with Crippen LogP contribution in [-0.2, 0) is 5.40 Å². The molecule has 56 heavy (non-hydrogen) atoms. The van der Waals surface area contributed by atoms with Gasteiger partial charge in [0.05, 0.1) is 5.40 Å². The van der Waals surface area contributed by atoms with Crippen LogP contribution in [-0.4, -0.2) is 30.6 Å². The predicted molar refractivity (Wildman–Crippen MR) is 229 cm³/mol. The molecule has 8 aromatic carbocycles. The van der Waals surface area contributed by atoms with E-state index in [0.29, 0.717) is 23.2 Å². The van der Waals surface area contributed by atoms with Gasteiger partial charge in [-0.2, -0.15) is 0 Å². The number of hydrogen-bond donors (Lipinski definition) is 0. The first-order valence-corrected chi connectivity index (χ1v) is 18.6. The summed E-state index contributed by atoms with van der Waals surface area (Å²) in [7, 11) is 13.0. The first-order chi connectivity index (χ1) is 27.5. The minimum Gasteiger partial charge on any atom is -0.502 e. The van der Waals surface area contributed by atoms with E-state index >= 15 is 0 Å². The number of fused-ring (bicyclic) bond motifs is 4. The molecule has 0 atom stereocenters. The Morgan fingerprint density at radius 3 is 1.61 bits per heavy atom. The number of aromatic nitrogens is 3. The van der Waals surface area contributed by atoms with Gasteiger partial charge < -0.3 is 4.74 Å². The molecule has 4 nitrogen and oxygen atoms in total. The Morgan fingerprint density at radius 1 is 0.357 bits per heavy atom. The van der Waals surface area contributed by atoms with Gasteiger partial charge in [0.1, 0.15) is 21.4 Å². The van der Waals surface area contributed by atoms with Crippen LogP contribution in [0, 0.1) is 0 Å². The summed E-state index contributed by atoms with van der Waals surface area (Å²) >= 11 is 0. The zero-order valence-corrected chi connectivity index (χ0v) is 30.3. The molecule has 0 spiro atoms. The third kappa shape index (κ3) is 5.96. The maximum absolute atomic E-state index is 6.48. The lowest BCUT2D eigenvalue weighted by molar-refractivity contribution is 0.241. The van der Waals surface area contributed by atoms with Crippen molar-refractivity contribution in [3.63, 3.8) is 0 Å². The van der Waals surface area contributed by atoms with Crippen molar-refractivity contribution in [2.75, 3.05) is 0 Å².